The maximum atomic E-state index is 6.16. The van der Waals surface area contributed by atoms with Gasteiger partial charge in [0.1, 0.15) is 0 Å². The Morgan fingerprint density at radius 2 is 1.78 bits per heavy atom. The summed E-state index contributed by atoms with van der Waals surface area (Å²) in [4.78, 5) is 6.99. The number of hydrogen-bond donors (Lipinski definition) is 1. The molecule has 1 saturated heterocycles. The number of nitrogens with two attached hydrogens (primary N) is 1. The van der Waals surface area contributed by atoms with Crippen molar-refractivity contribution >= 4 is 5.96 Å². The van der Waals surface area contributed by atoms with Crippen LogP contribution in [-0.4, -0.2) is 30.5 Å². The monoisotopic (exact) mass is 251 g/mol. The summed E-state index contributed by atoms with van der Waals surface area (Å²) in [5.41, 5.74) is 6.66. The van der Waals surface area contributed by atoms with E-state index in [1.165, 1.54) is 44.9 Å². The molecule has 0 atom stereocenters. The Bertz CT molecular complexity index is 284. The maximum Gasteiger partial charge on any atom is 0.191 e. The van der Waals surface area contributed by atoms with Gasteiger partial charge in [0.05, 0.1) is 0 Å². The van der Waals surface area contributed by atoms with E-state index in [1.807, 2.05) is 0 Å². The van der Waals surface area contributed by atoms with E-state index >= 15 is 0 Å². The summed E-state index contributed by atoms with van der Waals surface area (Å²) in [6.07, 6.45) is 9.25. The Labute approximate surface area is 112 Å². The molecule has 0 aromatic rings. The third kappa shape index (κ3) is 3.89. The Kier molecular flexibility index (Phi) is 4.52. The number of aliphatic imine (C=N–C) groups is 1. The molecular formula is C15H29N3. The van der Waals surface area contributed by atoms with Gasteiger partial charge in [-0.1, -0.05) is 26.7 Å². The molecule has 2 aliphatic rings. The molecule has 2 rings (SSSR count). The minimum absolute atomic E-state index is 0.505. The predicted octanol–water partition coefficient (Wildman–Crippen LogP) is 3.00. The predicted molar refractivity (Wildman–Crippen MR) is 77.7 cm³/mol. The summed E-state index contributed by atoms with van der Waals surface area (Å²) >= 11 is 0. The smallest absolute Gasteiger partial charge is 0.191 e. The second-order valence-electron chi connectivity index (χ2n) is 6.67. The van der Waals surface area contributed by atoms with E-state index in [0.29, 0.717) is 5.41 Å². The van der Waals surface area contributed by atoms with E-state index in [4.69, 9.17) is 10.7 Å². The third-order valence-electron chi connectivity index (χ3n) is 4.30. The molecule has 0 radical (unpaired) electrons. The lowest BCUT2D eigenvalue weighted by atomic mass is 9.94. The Balaban J connectivity index is 1.84. The summed E-state index contributed by atoms with van der Waals surface area (Å²) in [5.74, 6) is 1.58. The van der Waals surface area contributed by atoms with E-state index < -0.39 is 0 Å². The molecule has 0 bridgehead atoms. The highest BCUT2D eigenvalue weighted by atomic mass is 15.2. The topological polar surface area (TPSA) is 41.6 Å². The van der Waals surface area contributed by atoms with E-state index in [0.717, 1.165) is 31.5 Å². The summed E-state index contributed by atoms with van der Waals surface area (Å²) in [6, 6.07) is 0. The zero-order chi connectivity index (χ0) is 13.0. The van der Waals surface area contributed by atoms with Crippen LogP contribution in [0.3, 0.4) is 0 Å². The van der Waals surface area contributed by atoms with Crippen molar-refractivity contribution in [2.75, 3.05) is 19.6 Å². The van der Waals surface area contributed by atoms with Gasteiger partial charge in [0, 0.05) is 19.6 Å². The minimum atomic E-state index is 0.505. The summed E-state index contributed by atoms with van der Waals surface area (Å²) in [5, 5.41) is 0. The standard InChI is InChI=1S/C15H29N3/c1-13(2)11-15(7-8-15)12-17-14(16)18-9-5-3-4-6-10-18/h13H,3-12H2,1-2H3,(H2,16,17). The molecule has 0 amide bonds. The van der Waals surface area contributed by atoms with Gasteiger partial charge in [0.25, 0.3) is 0 Å². The number of guanidine groups is 1. The minimum Gasteiger partial charge on any atom is -0.370 e. The largest absolute Gasteiger partial charge is 0.370 e. The average Bonchev–Trinajstić information content (AvgIpc) is 3.09. The fourth-order valence-electron chi connectivity index (χ4n) is 3.12. The van der Waals surface area contributed by atoms with Crippen LogP contribution in [0.25, 0.3) is 0 Å². The first-order valence-electron chi connectivity index (χ1n) is 7.66. The normalized spacial score (nSPS) is 24.2. The first-order chi connectivity index (χ1) is 8.61. The second kappa shape index (κ2) is 5.94. The van der Waals surface area contributed by atoms with Gasteiger partial charge in [0.2, 0.25) is 0 Å². The van der Waals surface area contributed by atoms with Gasteiger partial charge >= 0.3 is 0 Å². The van der Waals surface area contributed by atoms with E-state index in [9.17, 15) is 0 Å². The number of nitrogens with zero attached hydrogens (tertiary/aromatic N) is 2. The third-order valence-corrected chi connectivity index (χ3v) is 4.30. The van der Waals surface area contributed by atoms with Crippen LogP contribution in [0, 0.1) is 11.3 Å². The lowest BCUT2D eigenvalue weighted by Crippen LogP contribution is -2.38. The molecule has 0 aromatic heterocycles. The Morgan fingerprint density at radius 3 is 2.28 bits per heavy atom. The molecule has 1 aliphatic heterocycles. The number of rotatable bonds is 4. The first kappa shape index (κ1) is 13.7. The molecule has 0 unspecified atom stereocenters. The molecule has 18 heavy (non-hydrogen) atoms. The van der Waals surface area contributed by atoms with Crippen molar-refractivity contribution in [2.45, 2.75) is 58.8 Å². The molecule has 3 nitrogen and oxygen atoms in total. The van der Waals surface area contributed by atoms with Gasteiger partial charge in [-0.05, 0) is 43.4 Å². The van der Waals surface area contributed by atoms with Crippen molar-refractivity contribution < 1.29 is 0 Å². The SMILES string of the molecule is CC(C)CC1(CN=C(N)N2CCCCCC2)CC1. The summed E-state index contributed by atoms with van der Waals surface area (Å²) < 4.78 is 0. The van der Waals surface area contributed by atoms with Crippen LogP contribution in [0.1, 0.15) is 58.8 Å². The Hall–Kier alpha value is -0.730. The molecule has 1 heterocycles. The fourth-order valence-corrected chi connectivity index (χ4v) is 3.12. The van der Waals surface area contributed by atoms with Gasteiger partial charge in [0.15, 0.2) is 5.96 Å². The van der Waals surface area contributed by atoms with Crippen molar-refractivity contribution in [3.05, 3.63) is 0 Å². The van der Waals surface area contributed by atoms with Crippen LogP contribution in [0.4, 0.5) is 0 Å². The van der Waals surface area contributed by atoms with Crippen LogP contribution >= 0.6 is 0 Å². The van der Waals surface area contributed by atoms with Gasteiger partial charge < -0.3 is 10.6 Å². The van der Waals surface area contributed by atoms with Crippen LogP contribution in [0.15, 0.2) is 4.99 Å². The van der Waals surface area contributed by atoms with Crippen molar-refractivity contribution in [3.63, 3.8) is 0 Å². The fraction of sp³-hybridized carbons (Fsp3) is 0.933. The molecule has 1 saturated carbocycles. The average molecular weight is 251 g/mol. The van der Waals surface area contributed by atoms with E-state index in [1.54, 1.807) is 0 Å². The van der Waals surface area contributed by atoms with Crippen molar-refractivity contribution in [1.82, 2.24) is 4.90 Å². The van der Waals surface area contributed by atoms with Crippen LogP contribution in [0.5, 0.6) is 0 Å². The maximum absolute atomic E-state index is 6.16. The molecule has 104 valence electrons. The molecular weight excluding hydrogens is 222 g/mol. The molecule has 3 heteroatoms. The van der Waals surface area contributed by atoms with Crippen molar-refractivity contribution in [3.8, 4) is 0 Å². The van der Waals surface area contributed by atoms with E-state index in [-0.39, 0.29) is 0 Å². The van der Waals surface area contributed by atoms with Gasteiger partial charge in [-0.15, -0.1) is 0 Å². The Morgan fingerprint density at radius 1 is 1.17 bits per heavy atom. The highest BCUT2D eigenvalue weighted by molar-refractivity contribution is 5.78. The first-order valence-corrected chi connectivity index (χ1v) is 7.66. The lowest BCUT2D eigenvalue weighted by Gasteiger charge is -2.22. The molecule has 2 N–H and O–H groups in total. The van der Waals surface area contributed by atoms with Gasteiger partial charge in [-0.25, -0.2) is 0 Å². The van der Waals surface area contributed by atoms with Gasteiger partial charge in [-0.2, -0.15) is 0 Å². The van der Waals surface area contributed by atoms with Crippen molar-refractivity contribution in [2.24, 2.45) is 22.1 Å². The highest BCUT2D eigenvalue weighted by Crippen LogP contribution is 2.50. The summed E-state index contributed by atoms with van der Waals surface area (Å²) in [7, 11) is 0. The van der Waals surface area contributed by atoms with Crippen molar-refractivity contribution in [1.29, 1.82) is 0 Å². The summed E-state index contributed by atoms with van der Waals surface area (Å²) in [6.45, 7) is 7.77. The molecule has 2 fully saturated rings. The number of likely N-dealkylation sites (tertiary alicyclic amines) is 1. The van der Waals surface area contributed by atoms with Crippen LogP contribution in [-0.2, 0) is 0 Å². The lowest BCUT2D eigenvalue weighted by molar-refractivity contribution is 0.389. The van der Waals surface area contributed by atoms with Crippen LogP contribution < -0.4 is 5.73 Å². The zero-order valence-electron chi connectivity index (χ0n) is 12.1. The number of hydrogen-bond acceptors (Lipinski definition) is 1. The zero-order valence-corrected chi connectivity index (χ0v) is 12.1. The van der Waals surface area contributed by atoms with Gasteiger partial charge in [-0.3, -0.25) is 4.99 Å². The molecule has 1 aliphatic carbocycles. The molecule has 0 spiro atoms. The quantitative estimate of drug-likeness (QED) is 0.616. The highest BCUT2D eigenvalue weighted by Gasteiger charge is 2.42. The van der Waals surface area contributed by atoms with E-state index in [2.05, 4.69) is 18.7 Å². The second-order valence-corrected chi connectivity index (χ2v) is 6.67. The van der Waals surface area contributed by atoms with Crippen LogP contribution in [0.2, 0.25) is 0 Å². The molecule has 0 aromatic carbocycles.